The van der Waals surface area contributed by atoms with Crippen molar-refractivity contribution in [3.05, 3.63) is 129 Å². The number of rotatable bonds is 15. The second-order valence-electron chi connectivity index (χ2n) is 19.2. The van der Waals surface area contributed by atoms with Gasteiger partial charge in [0.05, 0.1) is 0 Å². The van der Waals surface area contributed by atoms with E-state index < -0.39 is 20.5 Å². The number of nitrogens with one attached hydrogen (secondary N) is 2. The van der Waals surface area contributed by atoms with Gasteiger partial charge in [0.25, 0.3) is 0 Å². The molecule has 2 unspecified atom stereocenters. The maximum atomic E-state index is 13.9. The first kappa shape index (κ1) is 46.3. The molecule has 4 aromatic carbocycles. The summed E-state index contributed by atoms with van der Waals surface area (Å²) in [7, 11) is 18.1. The van der Waals surface area contributed by atoms with Crippen LogP contribution in [0.3, 0.4) is 0 Å². The summed E-state index contributed by atoms with van der Waals surface area (Å²) in [6.07, 6.45) is 10.8. The van der Waals surface area contributed by atoms with Crippen molar-refractivity contribution in [1.29, 1.82) is 0 Å². The Balaban J connectivity index is 1.73. The molecule has 0 heterocycles. The Bertz CT molecular complexity index is 2160. The van der Waals surface area contributed by atoms with Crippen molar-refractivity contribution < 1.29 is 25.5 Å². The molecule has 0 radical (unpaired) electrons. The molecule has 4 aromatic rings. The number of fused-ring (bicyclic) bond motifs is 2. The summed E-state index contributed by atoms with van der Waals surface area (Å²) in [5.74, 6) is -0.368. The number of carbonyl (C=O) groups excluding carboxylic acids is 2. The van der Waals surface area contributed by atoms with E-state index in [4.69, 9.17) is 17.2 Å². The molecule has 2 amide bonds. The molecule has 60 heavy (non-hydrogen) atoms. The summed E-state index contributed by atoms with van der Waals surface area (Å²) in [4.78, 5) is 27.8. The SMILES string of the molecule is CCCCC1=Cc2c(-c3ccccc3C(C)(C)C)cccc2[CH]1[Hf]([Cl])([Cl])([B](NC(=O)CC)NC(=O)CC)[CH]1C(CCCC)=Cc2c(-c3ccccc3C(C)(C)C)cccc21. The summed E-state index contributed by atoms with van der Waals surface area (Å²) in [6.45, 7) is 21.7. The number of unbranched alkanes of at least 4 members (excludes halogenated alkanes) is 2. The van der Waals surface area contributed by atoms with Crippen LogP contribution in [0.2, 0.25) is 0 Å². The van der Waals surface area contributed by atoms with Crippen molar-refractivity contribution >= 4 is 45.7 Å². The van der Waals surface area contributed by atoms with Crippen molar-refractivity contribution in [2.24, 2.45) is 0 Å². The zero-order valence-electron chi connectivity index (χ0n) is 37.7. The third-order valence-corrected chi connectivity index (χ3v) is 41.4. The van der Waals surface area contributed by atoms with E-state index in [1.54, 1.807) is 0 Å². The molecule has 8 heteroatoms. The van der Waals surface area contributed by atoms with Gasteiger partial charge >= 0.3 is 372 Å². The molecule has 0 fully saturated rings. The predicted octanol–water partition coefficient (Wildman–Crippen LogP) is 14.6. The van der Waals surface area contributed by atoms with Gasteiger partial charge in [-0.15, -0.1) is 0 Å². The van der Waals surface area contributed by atoms with Gasteiger partial charge in [0, 0.05) is 0 Å². The molecular weight excluding hydrogens is 945 g/mol. The summed E-state index contributed by atoms with van der Waals surface area (Å²) < 4.78 is -1.72. The number of halogens is 2. The van der Waals surface area contributed by atoms with E-state index in [1.807, 2.05) is 13.8 Å². The summed E-state index contributed by atoms with van der Waals surface area (Å²) >= 11 is -6.25. The third-order valence-electron chi connectivity index (χ3n) is 12.9. The Morgan fingerprint density at radius 2 is 0.933 bits per heavy atom. The van der Waals surface area contributed by atoms with Crippen LogP contribution in [-0.4, -0.2) is 16.4 Å². The molecule has 0 spiro atoms. The number of allylic oxidation sites excluding steroid dienone is 2. The van der Waals surface area contributed by atoms with E-state index >= 15 is 0 Å². The Labute approximate surface area is 369 Å². The van der Waals surface area contributed by atoms with Crippen LogP contribution in [0, 0.1) is 0 Å². The van der Waals surface area contributed by atoms with Crippen LogP contribution in [-0.2, 0) is 36.3 Å². The monoisotopic (exact) mass is 1010 g/mol. The molecule has 2 aliphatic carbocycles. The molecule has 0 aliphatic heterocycles. The van der Waals surface area contributed by atoms with Gasteiger partial charge in [-0.1, -0.05) is 0 Å². The number of carbonyl (C=O) groups is 2. The maximum absolute atomic E-state index is 13.9. The van der Waals surface area contributed by atoms with Crippen LogP contribution in [0.15, 0.2) is 96.1 Å². The molecule has 317 valence electrons. The number of hydrogen-bond acceptors (Lipinski definition) is 2. The summed E-state index contributed by atoms with van der Waals surface area (Å²) in [6, 6.07) is 30.7. The second-order valence-corrected chi connectivity index (χ2v) is 49.6. The molecule has 2 aliphatic rings. The Hall–Kier alpha value is -3.18. The molecule has 0 saturated heterocycles. The van der Waals surface area contributed by atoms with Crippen LogP contribution >= 0.6 is 17.2 Å². The first-order valence-corrected chi connectivity index (χ1v) is 37.6. The molecule has 2 N–H and O–H groups in total. The van der Waals surface area contributed by atoms with Gasteiger partial charge in [0.15, 0.2) is 0 Å². The minimum atomic E-state index is -6.25. The number of benzene rings is 4. The summed E-state index contributed by atoms with van der Waals surface area (Å²) in [5.41, 5.74) is 13.9. The average molecular weight is 1010 g/mol. The van der Waals surface area contributed by atoms with E-state index in [9.17, 15) is 9.59 Å². The van der Waals surface area contributed by atoms with Crippen molar-refractivity contribution in [3.63, 3.8) is 0 Å². The van der Waals surface area contributed by atoms with E-state index in [0.717, 1.165) is 71.9 Å². The van der Waals surface area contributed by atoms with Crippen molar-refractivity contribution in [1.82, 2.24) is 10.5 Å². The quantitative estimate of drug-likeness (QED) is 0.117. The molecule has 0 aromatic heterocycles. The molecule has 4 nitrogen and oxygen atoms in total. The van der Waals surface area contributed by atoms with Crippen LogP contribution in [0.4, 0.5) is 0 Å². The van der Waals surface area contributed by atoms with E-state index in [-0.39, 0.29) is 42.8 Å². The van der Waals surface area contributed by atoms with E-state index in [2.05, 4.69) is 163 Å². The van der Waals surface area contributed by atoms with Crippen LogP contribution in [0.25, 0.3) is 34.4 Å². The zero-order chi connectivity index (χ0) is 43.6. The van der Waals surface area contributed by atoms with Crippen LogP contribution < -0.4 is 10.5 Å². The topological polar surface area (TPSA) is 58.2 Å². The average Bonchev–Trinajstić information content (AvgIpc) is 3.81. The Morgan fingerprint density at radius 1 is 0.567 bits per heavy atom. The fourth-order valence-electron chi connectivity index (χ4n) is 9.98. The predicted molar refractivity (Wildman–Crippen MR) is 256 cm³/mol. The van der Waals surface area contributed by atoms with Crippen molar-refractivity contribution in [2.45, 2.75) is 139 Å². The van der Waals surface area contributed by atoms with Gasteiger partial charge in [0.1, 0.15) is 0 Å². The summed E-state index contributed by atoms with van der Waals surface area (Å²) in [5, 5.41) is 6.68. The van der Waals surface area contributed by atoms with Gasteiger partial charge in [0.2, 0.25) is 0 Å². The Morgan fingerprint density at radius 3 is 1.28 bits per heavy atom. The van der Waals surface area contributed by atoms with Gasteiger partial charge in [-0.2, -0.15) is 0 Å². The normalized spacial score (nSPS) is 16.9. The van der Waals surface area contributed by atoms with Crippen molar-refractivity contribution in [2.75, 3.05) is 0 Å². The fourth-order valence-corrected chi connectivity index (χ4v) is 39.7. The van der Waals surface area contributed by atoms with Crippen LogP contribution in [0.5, 0.6) is 0 Å². The second kappa shape index (κ2) is 18.3. The van der Waals surface area contributed by atoms with Gasteiger partial charge in [-0.3, -0.25) is 0 Å². The zero-order valence-corrected chi connectivity index (χ0v) is 42.8. The molecule has 0 saturated carbocycles. The molecule has 0 bridgehead atoms. The Kier molecular flexibility index (Phi) is 14.1. The van der Waals surface area contributed by atoms with Gasteiger partial charge in [-0.25, -0.2) is 0 Å². The van der Waals surface area contributed by atoms with Crippen LogP contribution in [0.1, 0.15) is 161 Å². The van der Waals surface area contributed by atoms with E-state index in [1.165, 1.54) is 33.4 Å². The van der Waals surface area contributed by atoms with Gasteiger partial charge < -0.3 is 0 Å². The third kappa shape index (κ3) is 8.73. The number of amides is 2. The molecular formula is C52H66BCl2HfN2O2. The molecule has 6 rings (SSSR count). The van der Waals surface area contributed by atoms with E-state index in [0.29, 0.717) is 0 Å². The van der Waals surface area contributed by atoms with Gasteiger partial charge in [-0.05, 0) is 0 Å². The first-order valence-electron chi connectivity index (χ1n) is 22.4. The molecule has 2 atom stereocenters. The standard InChI is InChI=1S/2C23H27.C6H11BN2O2.2ClH.Hf/c2*1-5-6-10-17-15-18-11-9-13-19(21(18)16-17)20-12-7-8-14-22(20)23(2,3)4;1-3-5(10)8-7-9-6(11)4-2;;;/h2*7-9,11-16H,5-6,10H2,1-4H3;3-4H2,1-2H3,(H-,8,9,10,11);2*1H;/q;;;;;+1/p-1. The minimum absolute atomic E-state index is 0.0916. The number of hydrogen-bond donors (Lipinski definition) is 2. The first-order chi connectivity index (χ1) is 28.4. The van der Waals surface area contributed by atoms with Crippen molar-refractivity contribution in [3.8, 4) is 22.3 Å². The fraction of sp³-hybridized carbons (Fsp3) is 0.423.